The van der Waals surface area contributed by atoms with Crippen LogP contribution in [0.2, 0.25) is 0 Å². The molecule has 5 rings (SSSR count). The summed E-state index contributed by atoms with van der Waals surface area (Å²) in [4.78, 5) is 36.7. The van der Waals surface area contributed by atoms with Gasteiger partial charge in [-0.25, -0.2) is 4.79 Å². The Bertz CT molecular complexity index is 976. The van der Waals surface area contributed by atoms with E-state index in [4.69, 9.17) is 0 Å². The molecule has 9 heteroatoms. The quantitative estimate of drug-likeness (QED) is 0.765. The fourth-order valence-electron chi connectivity index (χ4n) is 5.19. The van der Waals surface area contributed by atoms with Crippen molar-refractivity contribution in [2.75, 3.05) is 25.0 Å². The molecule has 3 amide bonds. The van der Waals surface area contributed by atoms with Crippen molar-refractivity contribution >= 4 is 17.8 Å². The Balaban J connectivity index is 0.00000245. The molecule has 0 saturated carbocycles. The van der Waals surface area contributed by atoms with Crippen molar-refractivity contribution in [2.45, 2.75) is 65.2 Å². The molecule has 0 aliphatic carbocycles. The molecule has 0 aromatic carbocycles. The predicted molar refractivity (Wildman–Crippen MR) is 122 cm³/mol. The van der Waals surface area contributed by atoms with Gasteiger partial charge in [-0.1, -0.05) is 20.4 Å². The topological polar surface area (TPSA) is 97.5 Å². The van der Waals surface area contributed by atoms with E-state index < -0.39 is 0 Å². The number of hydrogen-bond donors (Lipinski definition) is 2. The van der Waals surface area contributed by atoms with Gasteiger partial charge in [0.2, 0.25) is 0 Å². The molecule has 3 aliphatic rings. The van der Waals surface area contributed by atoms with Crippen LogP contribution in [0.4, 0.5) is 10.6 Å². The molecule has 0 bridgehead atoms. The third-order valence-electron chi connectivity index (χ3n) is 7.00. The first-order valence-corrected chi connectivity index (χ1v) is 11.2. The smallest absolute Gasteiger partial charge is 0.319 e. The van der Waals surface area contributed by atoms with Gasteiger partial charge in [0, 0.05) is 36.9 Å². The minimum Gasteiger partial charge on any atom is -0.319 e. The van der Waals surface area contributed by atoms with E-state index in [1.807, 2.05) is 11.8 Å². The van der Waals surface area contributed by atoms with Crippen molar-refractivity contribution in [1.29, 1.82) is 0 Å². The molecule has 0 spiro atoms. The fourth-order valence-corrected chi connectivity index (χ4v) is 5.19. The second-order valence-corrected chi connectivity index (χ2v) is 8.73. The van der Waals surface area contributed by atoms with E-state index in [2.05, 4.69) is 37.2 Å². The first-order chi connectivity index (χ1) is 15.1. The van der Waals surface area contributed by atoms with Crippen LogP contribution < -0.4 is 5.32 Å². The predicted octanol–water partition coefficient (Wildman–Crippen LogP) is 3.25. The van der Waals surface area contributed by atoms with E-state index in [-0.39, 0.29) is 31.4 Å². The number of rotatable bonds is 3. The number of urea groups is 1. The Morgan fingerprint density at radius 1 is 1.25 bits per heavy atom. The second-order valence-electron chi connectivity index (χ2n) is 8.73. The van der Waals surface area contributed by atoms with Crippen molar-refractivity contribution < 1.29 is 9.59 Å². The minimum atomic E-state index is -0.310. The number of fused-ring (bicyclic) bond motifs is 2. The zero-order chi connectivity index (χ0) is 21.5. The lowest BCUT2D eigenvalue weighted by Gasteiger charge is -2.45. The summed E-state index contributed by atoms with van der Waals surface area (Å²) >= 11 is 0. The first-order valence-electron chi connectivity index (χ1n) is 11.2. The average molecular weight is 440 g/mol. The highest BCUT2D eigenvalue weighted by molar-refractivity contribution is 6.02. The van der Waals surface area contributed by atoms with Crippen molar-refractivity contribution in [3.63, 3.8) is 0 Å². The molecule has 1 unspecified atom stereocenters. The molecular formula is C23H33N7O2. The van der Waals surface area contributed by atoms with Crippen LogP contribution in [0, 0.1) is 0 Å². The van der Waals surface area contributed by atoms with Gasteiger partial charge in [-0.3, -0.25) is 19.8 Å². The molecule has 5 heterocycles. The lowest BCUT2D eigenvalue weighted by molar-refractivity contribution is 0.0503. The lowest BCUT2D eigenvalue weighted by atomic mass is 10.1. The molecule has 9 nitrogen and oxygen atoms in total. The third-order valence-corrected chi connectivity index (χ3v) is 7.00. The van der Waals surface area contributed by atoms with Gasteiger partial charge in [-0.05, 0) is 44.9 Å². The highest BCUT2D eigenvalue weighted by Crippen LogP contribution is 2.37. The molecule has 0 radical (unpaired) electrons. The number of carbonyl (C=O) groups excluding carboxylic acids is 2. The fraction of sp³-hybridized carbons (Fsp3) is 0.565. The van der Waals surface area contributed by atoms with Crippen LogP contribution >= 0.6 is 0 Å². The van der Waals surface area contributed by atoms with Crippen LogP contribution in [0.5, 0.6) is 0 Å². The van der Waals surface area contributed by atoms with Crippen LogP contribution in [-0.4, -0.2) is 73.5 Å². The number of anilines is 1. The number of nitrogens with zero attached hydrogens (tertiary/aromatic N) is 5. The number of amides is 3. The SMILES string of the molecule is C.CC[C@H]1CN2CCC[C@@H]2CN1C(=O)N1Cc2c(NC(=O)c3ccccn3)n[nH]c2C1C. The Hall–Kier alpha value is -2.94. The number of aromatic amines is 1. The molecule has 32 heavy (non-hydrogen) atoms. The van der Waals surface area contributed by atoms with Gasteiger partial charge in [0.05, 0.1) is 18.3 Å². The number of hydrogen-bond acceptors (Lipinski definition) is 5. The number of pyridine rings is 1. The average Bonchev–Trinajstić information content (AvgIpc) is 3.50. The van der Waals surface area contributed by atoms with Crippen LogP contribution in [0.1, 0.15) is 68.3 Å². The second kappa shape index (κ2) is 8.90. The van der Waals surface area contributed by atoms with Gasteiger partial charge in [-0.2, -0.15) is 5.10 Å². The zero-order valence-corrected chi connectivity index (χ0v) is 18.0. The molecule has 3 aliphatic heterocycles. The maximum absolute atomic E-state index is 13.6. The first kappa shape index (κ1) is 22.3. The van der Waals surface area contributed by atoms with Crippen molar-refractivity contribution in [3.05, 3.63) is 41.3 Å². The number of H-pyrrole nitrogens is 1. The van der Waals surface area contributed by atoms with Crippen molar-refractivity contribution in [1.82, 2.24) is 29.9 Å². The molecule has 2 N–H and O–H groups in total. The molecule has 2 saturated heterocycles. The lowest BCUT2D eigenvalue weighted by Crippen LogP contribution is -2.59. The number of piperazine rings is 1. The van der Waals surface area contributed by atoms with Crippen LogP contribution in [0.3, 0.4) is 0 Å². The minimum absolute atomic E-state index is 0. The monoisotopic (exact) mass is 439 g/mol. The van der Waals surface area contributed by atoms with E-state index >= 15 is 0 Å². The van der Waals surface area contributed by atoms with Gasteiger partial charge in [0.1, 0.15) is 5.69 Å². The van der Waals surface area contributed by atoms with E-state index in [1.165, 1.54) is 12.8 Å². The molecule has 3 atom stereocenters. The standard InChI is InChI=1S/C22H29N7O2.CH4/c1-3-15-11-27-10-6-7-16(27)12-29(15)22(31)28-13-17-19(14(28)2)25-26-20(17)24-21(30)18-8-4-5-9-23-18;/h4-5,8-9,14-16H,3,6-7,10-13H2,1-2H3,(H2,24,25,26,30);1H4/t14?,15-,16+;/m0./s1. The number of aromatic nitrogens is 3. The Labute approximate surface area is 189 Å². The van der Waals surface area contributed by atoms with E-state index in [0.717, 1.165) is 37.3 Å². The van der Waals surface area contributed by atoms with Gasteiger partial charge in [-0.15, -0.1) is 0 Å². The maximum Gasteiger partial charge on any atom is 0.321 e. The van der Waals surface area contributed by atoms with Gasteiger partial charge < -0.3 is 15.1 Å². The molecule has 2 aromatic rings. The van der Waals surface area contributed by atoms with Crippen LogP contribution in [-0.2, 0) is 6.54 Å². The summed E-state index contributed by atoms with van der Waals surface area (Å²) in [6, 6.07) is 5.89. The van der Waals surface area contributed by atoms with Crippen molar-refractivity contribution in [2.24, 2.45) is 0 Å². The van der Waals surface area contributed by atoms with Crippen molar-refractivity contribution in [3.8, 4) is 0 Å². The molecule has 2 aromatic heterocycles. The van der Waals surface area contributed by atoms with E-state index in [0.29, 0.717) is 24.1 Å². The summed E-state index contributed by atoms with van der Waals surface area (Å²) < 4.78 is 0. The number of nitrogens with one attached hydrogen (secondary N) is 2. The highest BCUT2D eigenvalue weighted by atomic mass is 16.2. The van der Waals surface area contributed by atoms with E-state index in [9.17, 15) is 9.59 Å². The Kier molecular flexibility index (Phi) is 6.19. The van der Waals surface area contributed by atoms with Gasteiger partial charge >= 0.3 is 6.03 Å². The molecule has 172 valence electrons. The summed E-state index contributed by atoms with van der Waals surface area (Å²) in [6.07, 6.45) is 4.93. The van der Waals surface area contributed by atoms with Gasteiger partial charge in [0.15, 0.2) is 5.82 Å². The Morgan fingerprint density at radius 3 is 2.84 bits per heavy atom. The molecule has 2 fully saturated rings. The molecular weight excluding hydrogens is 406 g/mol. The summed E-state index contributed by atoms with van der Waals surface area (Å²) in [5, 5.41) is 10.2. The van der Waals surface area contributed by atoms with Crippen LogP contribution in [0.15, 0.2) is 24.4 Å². The van der Waals surface area contributed by atoms with Crippen LogP contribution in [0.25, 0.3) is 0 Å². The summed E-state index contributed by atoms with van der Waals surface area (Å²) in [5.41, 5.74) is 2.09. The largest absolute Gasteiger partial charge is 0.321 e. The summed E-state index contributed by atoms with van der Waals surface area (Å²) in [7, 11) is 0. The number of carbonyl (C=O) groups is 2. The Morgan fingerprint density at radius 2 is 2.09 bits per heavy atom. The van der Waals surface area contributed by atoms with Gasteiger partial charge in [0.25, 0.3) is 5.91 Å². The third kappa shape index (κ3) is 3.74. The summed E-state index contributed by atoms with van der Waals surface area (Å²) in [5.74, 6) is 0.163. The normalized spacial score (nSPS) is 24.6. The highest BCUT2D eigenvalue weighted by Gasteiger charge is 2.42. The zero-order valence-electron chi connectivity index (χ0n) is 18.0. The van der Waals surface area contributed by atoms with E-state index in [1.54, 1.807) is 24.4 Å². The maximum atomic E-state index is 13.6. The summed E-state index contributed by atoms with van der Waals surface area (Å²) in [6.45, 7) is 7.53.